The number of carboxylic acids is 1. The van der Waals surface area contributed by atoms with Crippen molar-refractivity contribution in [3.05, 3.63) is 47.5 Å². The van der Waals surface area contributed by atoms with Crippen LogP contribution in [0.2, 0.25) is 0 Å². The molecule has 6 nitrogen and oxygen atoms in total. The van der Waals surface area contributed by atoms with Gasteiger partial charge in [0.1, 0.15) is 5.82 Å². The molecule has 1 amide bonds. The number of carboxylic acid groups (broad SMARTS) is 1. The molecule has 1 unspecified atom stereocenters. The molecule has 1 fully saturated rings. The average molecular weight is 359 g/mol. The van der Waals surface area contributed by atoms with Crippen LogP contribution in [0, 0.1) is 18.2 Å². The lowest BCUT2D eigenvalue weighted by molar-refractivity contribution is -0.157. The van der Waals surface area contributed by atoms with Crippen molar-refractivity contribution < 1.29 is 19.1 Å². The molecule has 1 saturated carbocycles. The lowest BCUT2D eigenvalue weighted by atomic mass is 9.66. The van der Waals surface area contributed by atoms with Crippen LogP contribution < -0.4 is 5.32 Å². The Morgan fingerprint density at radius 1 is 1.35 bits per heavy atom. The number of aliphatic carboxylic acids is 1. The van der Waals surface area contributed by atoms with Gasteiger partial charge in [0.15, 0.2) is 0 Å². The number of rotatable bonds is 6. The van der Waals surface area contributed by atoms with Crippen molar-refractivity contribution in [2.24, 2.45) is 5.41 Å². The van der Waals surface area contributed by atoms with Gasteiger partial charge in [-0.25, -0.2) is 9.07 Å². The Morgan fingerprint density at radius 2 is 2.00 bits per heavy atom. The van der Waals surface area contributed by atoms with Gasteiger partial charge in [-0.2, -0.15) is 5.10 Å². The van der Waals surface area contributed by atoms with Crippen LogP contribution in [-0.4, -0.2) is 26.8 Å². The van der Waals surface area contributed by atoms with Crippen LogP contribution in [-0.2, 0) is 9.59 Å². The molecule has 138 valence electrons. The van der Waals surface area contributed by atoms with Crippen molar-refractivity contribution in [1.29, 1.82) is 0 Å². The van der Waals surface area contributed by atoms with Crippen LogP contribution in [0.25, 0.3) is 5.69 Å². The van der Waals surface area contributed by atoms with E-state index in [1.54, 1.807) is 23.0 Å². The Kier molecular flexibility index (Phi) is 4.80. The Bertz CT molecular complexity index is 825. The van der Waals surface area contributed by atoms with Crippen molar-refractivity contribution in [2.45, 2.75) is 45.6 Å². The van der Waals surface area contributed by atoms with E-state index in [1.807, 2.05) is 13.8 Å². The summed E-state index contributed by atoms with van der Waals surface area (Å²) in [5.41, 5.74) is 1.49. The van der Waals surface area contributed by atoms with Crippen LogP contribution in [0.15, 0.2) is 30.5 Å². The number of nitrogens with zero attached hydrogens (tertiary/aromatic N) is 2. The lowest BCUT2D eigenvalue weighted by Crippen LogP contribution is -2.43. The third kappa shape index (κ3) is 3.34. The summed E-state index contributed by atoms with van der Waals surface area (Å²) in [4.78, 5) is 23.7. The van der Waals surface area contributed by atoms with Crippen LogP contribution in [0.4, 0.5) is 4.39 Å². The molecule has 2 aromatic rings. The van der Waals surface area contributed by atoms with E-state index in [2.05, 4.69) is 10.4 Å². The maximum absolute atomic E-state index is 13.1. The maximum atomic E-state index is 13.1. The number of amides is 1. The zero-order chi connectivity index (χ0) is 18.9. The molecular weight excluding hydrogens is 337 g/mol. The number of benzene rings is 1. The molecule has 1 heterocycles. The Balaban J connectivity index is 1.70. The van der Waals surface area contributed by atoms with Gasteiger partial charge in [0.2, 0.25) is 5.91 Å². The standard InChI is InChI=1S/C19H22FN3O3/c1-12(22-17(24)10-19(18(25)26)8-3-9-19)16-11-21-23(13(16)2)15-6-4-14(20)5-7-15/h4-7,11-12H,3,8-10H2,1-2H3,(H,22,24)(H,25,26). The highest BCUT2D eigenvalue weighted by molar-refractivity contribution is 5.85. The van der Waals surface area contributed by atoms with Crippen molar-refractivity contribution >= 4 is 11.9 Å². The fourth-order valence-electron chi connectivity index (χ4n) is 3.44. The second-order valence-electron chi connectivity index (χ2n) is 6.98. The molecule has 1 aliphatic carbocycles. The number of halogens is 1. The van der Waals surface area contributed by atoms with Crippen LogP contribution in [0.5, 0.6) is 0 Å². The normalized spacial score (nSPS) is 16.6. The summed E-state index contributed by atoms with van der Waals surface area (Å²) in [5, 5.41) is 16.6. The molecule has 0 bridgehead atoms. The molecule has 0 aliphatic heterocycles. The van der Waals surface area contributed by atoms with E-state index in [0.29, 0.717) is 12.8 Å². The number of hydrogen-bond donors (Lipinski definition) is 2. The summed E-state index contributed by atoms with van der Waals surface area (Å²) in [5.74, 6) is -1.48. The van der Waals surface area contributed by atoms with E-state index in [4.69, 9.17) is 0 Å². The lowest BCUT2D eigenvalue weighted by Gasteiger charge is -2.37. The Morgan fingerprint density at radius 3 is 2.54 bits per heavy atom. The van der Waals surface area contributed by atoms with Crippen molar-refractivity contribution in [1.82, 2.24) is 15.1 Å². The van der Waals surface area contributed by atoms with E-state index in [9.17, 15) is 19.1 Å². The topological polar surface area (TPSA) is 84.2 Å². The maximum Gasteiger partial charge on any atom is 0.310 e. The molecule has 0 saturated heterocycles. The SMILES string of the molecule is Cc1c(C(C)NC(=O)CC2(C(=O)O)CCC2)cnn1-c1ccc(F)cc1. The van der Waals surface area contributed by atoms with Crippen LogP contribution in [0.1, 0.15) is 49.9 Å². The van der Waals surface area contributed by atoms with Gasteiger partial charge in [0.25, 0.3) is 0 Å². The van der Waals surface area contributed by atoms with Crippen molar-refractivity contribution in [2.75, 3.05) is 0 Å². The highest BCUT2D eigenvalue weighted by atomic mass is 19.1. The molecule has 26 heavy (non-hydrogen) atoms. The average Bonchev–Trinajstić information content (AvgIpc) is 2.93. The summed E-state index contributed by atoms with van der Waals surface area (Å²) in [7, 11) is 0. The zero-order valence-electron chi connectivity index (χ0n) is 14.8. The van der Waals surface area contributed by atoms with Gasteiger partial charge in [-0.05, 0) is 51.0 Å². The van der Waals surface area contributed by atoms with Crippen molar-refractivity contribution in [3.8, 4) is 5.69 Å². The molecule has 3 rings (SSSR count). The molecular formula is C19H22FN3O3. The molecule has 0 spiro atoms. The van der Waals surface area contributed by atoms with Gasteiger partial charge in [0.05, 0.1) is 23.3 Å². The number of carbonyl (C=O) groups excluding carboxylic acids is 1. The second kappa shape index (κ2) is 6.90. The van der Waals surface area contributed by atoms with Crippen LogP contribution in [0.3, 0.4) is 0 Å². The molecule has 1 atom stereocenters. The van der Waals surface area contributed by atoms with Gasteiger partial charge in [0, 0.05) is 17.7 Å². The first-order valence-corrected chi connectivity index (χ1v) is 8.66. The first-order valence-electron chi connectivity index (χ1n) is 8.66. The zero-order valence-corrected chi connectivity index (χ0v) is 14.8. The van der Waals surface area contributed by atoms with E-state index in [1.165, 1.54) is 12.1 Å². The largest absolute Gasteiger partial charge is 0.481 e. The van der Waals surface area contributed by atoms with Gasteiger partial charge in [-0.15, -0.1) is 0 Å². The van der Waals surface area contributed by atoms with E-state index >= 15 is 0 Å². The predicted molar refractivity (Wildman–Crippen MR) is 93.4 cm³/mol. The molecule has 0 radical (unpaired) electrons. The predicted octanol–water partition coefficient (Wildman–Crippen LogP) is 3.14. The first kappa shape index (κ1) is 18.1. The molecule has 2 N–H and O–H groups in total. The second-order valence-corrected chi connectivity index (χ2v) is 6.98. The highest BCUT2D eigenvalue weighted by Gasteiger charge is 2.46. The molecule has 1 aliphatic rings. The summed E-state index contributed by atoms with van der Waals surface area (Å²) in [6.45, 7) is 3.71. The minimum Gasteiger partial charge on any atom is -0.481 e. The molecule has 7 heteroatoms. The summed E-state index contributed by atoms with van der Waals surface area (Å²) in [6, 6.07) is 5.70. The minimum atomic E-state index is -0.906. The van der Waals surface area contributed by atoms with Crippen LogP contribution >= 0.6 is 0 Å². The van der Waals surface area contributed by atoms with E-state index in [-0.39, 0.29) is 24.2 Å². The van der Waals surface area contributed by atoms with Crippen molar-refractivity contribution in [3.63, 3.8) is 0 Å². The summed E-state index contributed by atoms with van der Waals surface area (Å²) in [6.07, 6.45) is 3.60. The number of hydrogen-bond acceptors (Lipinski definition) is 3. The van der Waals surface area contributed by atoms with Gasteiger partial charge in [-0.3, -0.25) is 9.59 Å². The number of nitrogens with one attached hydrogen (secondary N) is 1. The summed E-state index contributed by atoms with van der Waals surface area (Å²) >= 11 is 0. The molecule has 1 aromatic carbocycles. The Labute approximate surface area is 151 Å². The number of aromatic nitrogens is 2. The monoisotopic (exact) mass is 359 g/mol. The third-order valence-electron chi connectivity index (χ3n) is 5.23. The van der Waals surface area contributed by atoms with E-state index < -0.39 is 11.4 Å². The number of carbonyl (C=O) groups is 2. The van der Waals surface area contributed by atoms with E-state index in [0.717, 1.165) is 23.4 Å². The smallest absolute Gasteiger partial charge is 0.310 e. The fourth-order valence-corrected chi connectivity index (χ4v) is 3.44. The first-order chi connectivity index (χ1) is 12.3. The highest BCUT2D eigenvalue weighted by Crippen LogP contribution is 2.44. The summed E-state index contributed by atoms with van der Waals surface area (Å²) < 4.78 is 14.8. The Hall–Kier alpha value is -2.70. The van der Waals surface area contributed by atoms with Gasteiger partial charge in [-0.1, -0.05) is 6.42 Å². The fraction of sp³-hybridized carbons (Fsp3) is 0.421. The molecule has 1 aromatic heterocycles. The third-order valence-corrected chi connectivity index (χ3v) is 5.23. The van der Waals surface area contributed by atoms with Gasteiger partial charge < -0.3 is 10.4 Å². The quantitative estimate of drug-likeness (QED) is 0.830. The van der Waals surface area contributed by atoms with Gasteiger partial charge >= 0.3 is 5.97 Å². The minimum absolute atomic E-state index is 0.00216.